The van der Waals surface area contributed by atoms with Gasteiger partial charge in [0.25, 0.3) is 0 Å². The van der Waals surface area contributed by atoms with Crippen LogP contribution in [0.2, 0.25) is 0 Å². The van der Waals surface area contributed by atoms with Crippen LogP contribution in [0.4, 0.5) is 0 Å². The molecule has 17 heavy (non-hydrogen) atoms. The van der Waals surface area contributed by atoms with Crippen molar-refractivity contribution in [2.24, 2.45) is 5.11 Å². The largest absolute Gasteiger partial charge is 0.464 e. The highest BCUT2D eigenvalue weighted by Gasteiger charge is 2.05. The first-order valence-corrected chi connectivity index (χ1v) is 4.99. The highest BCUT2D eigenvalue weighted by atomic mass is 16.5. The van der Waals surface area contributed by atoms with Crippen molar-refractivity contribution in [1.29, 1.82) is 0 Å². The Labute approximate surface area is 98.6 Å². The minimum atomic E-state index is -0.464. The molecule has 1 rings (SSSR count). The van der Waals surface area contributed by atoms with Crippen molar-refractivity contribution >= 4 is 12.0 Å². The van der Waals surface area contributed by atoms with E-state index in [1.165, 1.54) is 7.11 Å². The summed E-state index contributed by atoms with van der Waals surface area (Å²) < 4.78 is 4.57. The number of carbonyl (C=O) groups excluding carboxylic acids is 1. The molecule has 0 bridgehead atoms. The van der Waals surface area contributed by atoms with E-state index in [0.717, 1.165) is 5.56 Å². The Morgan fingerprint density at radius 2 is 2.53 bits per heavy atom. The summed E-state index contributed by atoms with van der Waals surface area (Å²) in [5.41, 5.74) is 9.20. The number of ether oxygens (including phenoxy) is 1. The summed E-state index contributed by atoms with van der Waals surface area (Å²) in [6.45, 7) is 0.419. The Balaban J connectivity index is 2.65. The summed E-state index contributed by atoms with van der Waals surface area (Å²) in [5, 5.41) is 3.40. The average molecular weight is 232 g/mol. The van der Waals surface area contributed by atoms with Crippen molar-refractivity contribution in [2.75, 3.05) is 13.7 Å². The van der Waals surface area contributed by atoms with E-state index in [1.54, 1.807) is 18.3 Å². The second-order valence-electron chi connectivity index (χ2n) is 3.11. The fraction of sp³-hybridized carbons (Fsp3) is 0.273. The molecule has 0 N–H and O–H groups in total. The molecule has 0 amide bonds. The summed E-state index contributed by atoms with van der Waals surface area (Å²) in [6, 6.07) is 3.41. The van der Waals surface area contributed by atoms with Crippen LogP contribution in [0.3, 0.4) is 0 Å². The van der Waals surface area contributed by atoms with Crippen LogP contribution in [0.5, 0.6) is 0 Å². The van der Waals surface area contributed by atoms with E-state index in [1.807, 2.05) is 12.2 Å². The second-order valence-corrected chi connectivity index (χ2v) is 3.11. The molecule has 1 heterocycles. The van der Waals surface area contributed by atoms with Gasteiger partial charge < -0.3 is 4.74 Å². The molecule has 88 valence electrons. The predicted octanol–water partition coefficient (Wildman–Crippen LogP) is 2.58. The molecule has 0 aromatic carbocycles. The smallest absolute Gasteiger partial charge is 0.356 e. The standard InChI is InChI=1S/C11H12N4O2/c1-17-11(16)10-8-9(5-7-13-10)4-2-3-6-14-15-12/h2,4-5,7-8H,3,6H2,1H3. The molecule has 0 saturated heterocycles. The van der Waals surface area contributed by atoms with Gasteiger partial charge in [-0.3, -0.25) is 0 Å². The summed E-state index contributed by atoms with van der Waals surface area (Å²) in [7, 11) is 1.31. The average Bonchev–Trinajstić information content (AvgIpc) is 2.38. The minimum absolute atomic E-state index is 0.268. The Morgan fingerprint density at radius 1 is 1.71 bits per heavy atom. The van der Waals surface area contributed by atoms with Crippen molar-refractivity contribution in [3.8, 4) is 0 Å². The van der Waals surface area contributed by atoms with Crippen molar-refractivity contribution in [3.05, 3.63) is 46.1 Å². The maximum atomic E-state index is 11.2. The van der Waals surface area contributed by atoms with Gasteiger partial charge in [-0.1, -0.05) is 17.3 Å². The number of rotatable bonds is 5. The van der Waals surface area contributed by atoms with Crippen molar-refractivity contribution in [1.82, 2.24) is 4.98 Å². The lowest BCUT2D eigenvalue weighted by atomic mass is 10.2. The van der Waals surface area contributed by atoms with Gasteiger partial charge in [0, 0.05) is 17.7 Å². The maximum Gasteiger partial charge on any atom is 0.356 e. The van der Waals surface area contributed by atoms with Gasteiger partial charge in [-0.2, -0.15) is 0 Å². The third-order valence-electron chi connectivity index (χ3n) is 1.95. The molecule has 0 atom stereocenters. The first-order valence-electron chi connectivity index (χ1n) is 4.99. The molecule has 1 aromatic heterocycles. The van der Waals surface area contributed by atoms with E-state index in [4.69, 9.17) is 5.53 Å². The normalized spacial score (nSPS) is 9.94. The van der Waals surface area contributed by atoms with Crippen molar-refractivity contribution < 1.29 is 9.53 Å². The molecular formula is C11H12N4O2. The summed E-state index contributed by atoms with van der Waals surface area (Å²) in [6.07, 6.45) is 5.89. The van der Waals surface area contributed by atoms with Gasteiger partial charge in [0.1, 0.15) is 5.69 Å². The van der Waals surface area contributed by atoms with Crippen LogP contribution in [-0.4, -0.2) is 24.6 Å². The number of azide groups is 1. The molecule has 0 spiro atoms. The number of pyridine rings is 1. The monoisotopic (exact) mass is 232 g/mol. The molecule has 0 radical (unpaired) electrons. The fourth-order valence-corrected chi connectivity index (χ4v) is 1.16. The molecule has 0 aliphatic heterocycles. The molecule has 6 heteroatoms. The Hall–Kier alpha value is -2.33. The fourth-order valence-electron chi connectivity index (χ4n) is 1.16. The van der Waals surface area contributed by atoms with Gasteiger partial charge in [-0.05, 0) is 29.6 Å². The summed E-state index contributed by atoms with van der Waals surface area (Å²) in [4.78, 5) is 17.8. The van der Waals surface area contributed by atoms with E-state index in [-0.39, 0.29) is 5.69 Å². The van der Waals surface area contributed by atoms with E-state index >= 15 is 0 Å². The van der Waals surface area contributed by atoms with Crippen LogP contribution in [0.1, 0.15) is 22.5 Å². The van der Waals surface area contributed by atoms with Crippen LogP contribution in [0, 0.1) is 0 Å². The molecule has 1 aromatic rings. The topological polar surface area (TPSA) is 88.0 Å². The lowest BCUT2D eigenvalue weighted by Crippen LogP contribution is -2.03. The molecular weight excluding hydrogens is 220 g/mol. The summed E-state index contributed by atoms with van der Waals surface area (Å²) in [5.74, 6) is -0.464. The van der Waals surface area contributed by atoms with Gasteiger partial charge in [-0.25, -0.2) is 9.78 Å². The van der Waals surface area contributed by atoms with Crippen LogP contribution in [-0.2, 0) is 4.74 Å². The molecule has 0 saturated carbocycles. The number of esters is 1. The summed E-state index contributed by atoms with van der Waals surface area (Å²) >= 11 is 0. The van der Waals surface area contributed by atoms with Crippen molar-refractivity contribution in [3.63, 3.8) is 0 Å². The first kappa shape index (κ1) is 12.7. The zero-order chi connectivity index (χ0) is 12.5. The van der Waals surface area contributed by atoms with Crippen LogP contribution >= 0.6 is 0 Å². The van der Waals surface area contributed by atoms with E-state index in [0.29, 0.717) is 13.0 Å². The first-order chi connectivity index (χ1) is 8.27. The molecule has 0 fully saturated rings. The molecule has 0 aliphatic carbocycles. The van der Waals surface area contributed by atoms with Gasteiger partial charge in [0.05, 0.1) is 7.11 Å². The SMILES string of the molecule is COC(=O)c1cc(C=CCCN=[N+]=[N-])ccn1. The molecule has 6 nitrogen and oxygen atoms in total. The third kappa shape index (κ3) is 4.36. The number of aromatic nitrogens is 1. The minimum Gasteiger partial charge on any atom is -0.464 e. The highest BCUT2D eigenvalue weighted by Crippen LogP contribution is 2.06. The van der Waals surface area contributed by atoms with Crippen molar-refractivity contribution in [2.45, 2.75) is 6.42 Å². The number of hydrogen-bond donors (Lipinski definition) is 0. The number of nitrogens with zero attached hydrogens (tertiary/aromatic N) is 4. The van der Waals surface area contributed by atoms with Crippen LogP contribution < -0.4 is 0 Å². The number of carbonyl (C=O) groups is 1. The van der Waals surface area contributed by atoms with Crippen LogP contribution in [0.15, 0.2) is 29.5 Å². The quantitative estimate of drug-likeness (QED) is 0.257. The van der Waals surface area contributed by atoms with E-state index in [9.17, 15) is 4.79 Å². The Bertz CT molecular complexity index is 464. The Morgan fingerprint density at radius 3 is 3.24 bits per heavy atom. The zero-order valence-corrected chi connectivity index (χ0v) is 9.41. The number of hydrogen-bond acceptors (Lipinski definition) is 4. The van der Waals surface area contributed by atoms with Gasteiger partial charge in [0.2, 0.25) is 0 Å². The zero-order valence-electron chi connectivity index (χ0n) is 9.41. The van der Waals surface area contributed by atoms with Crippen LogP contribution in [0.25, 0.3) is 16.5 Å². The predicted molar refractivity (Wildman–Crippen MR) is 63.2 cm³/mol. The molecule has 0 unspecified atom stereocenters. The lowest BCUT2D eigenvalue weighted by Gasteiger charge is -1.98. The van der Waals surface area contributed by atoms with E-state index < -0.39 is 5.97 Å². The third-order valence-corrected chi connectivity index (χ3v) is 1.95. The lowest BCUT2D eigenvalue weighted by molar-refractivity contribution is 0.0594. The van der Waals surface area contributed by atoms with Gasteiger partial charge in [0.15, 0.2) is 0 Å². The number of methoxy groups -OCH3 is 1. The maximum absolute atomic E-state index is 11.2. The second kappa shape index (κ2) is 7.03. The van der Waals surface area contributed by atoms with Gasteiger partial charge >= 0.3 is 5.97 Å². The van der Waals surface area contributed by atoms with E-state index in [2.05, 4.69) is 19.7 Å². The Kier molecular flexibility index (Phi) is 5.27. The highest BCUT2D eigenvalue weighted by molar-refractivity contribution is 5.87. The van der Waals surface area contributed by atoms with Gasteiger partial charge in [-0.15, -0.1) is 0 Å². The molecule has 0 aliphatic rings.